The summed E-state index contributed by atoms with van der Waals surface area (Å²) in [5.41, 5.74) is 0.292. The molecular formula is C12H11Cl2N3O2S. The fourth-order valence-electron chi connectivity index (χ4n) is 1.51. The maximum Gasteiger partial charge on any atom is 0.263 e. The molecule has 0 atom stereocenters. The monoisotopic (exact) mass is 331 g/mol. The Morgan fingerprint density at radius 1 is 1.10 bits per heavy atom. The van der Waals surface area contributed by atoms with Crippen LogP contribution >= 0.6 is 23.2 Å². The van der Waals surface area contributed by atoms with E-state index in [1.54, 1.807) is 13.1 Å². The highest BCUT2D eigenvalue weighted by Crippen LogP contribution is 2.24. The summed E-state index contributed by atoms with van der Waals surface area (Å²) in [5.74, 6) is 0.578. The van der Waals surface area contributed by atoms with E-state index in [-0.39, 0.29) is 4.90 Å². The van der Waals surface area contributed by atoms with Crippen molar-refractivity contribution in [2.75, 3.05) is 17.1 Å². The maximum absolute atomic E-state index is 12.2. The average Bonchev–Trinajstić information content (AvgIpc) is 2.37. The lowest BCUT2D eigenvalue weighted by Crippen LogP contribution is -2.13. The molecule has 1 heterocycles. The van der Waals surface area contributed by atoms with Gasteiger partial charge in [-0.15, -0.1) is 0 Å². The van der Waals surface area contributed by atoms with Crippen molar-refractivity contribution in [2.24, 2.45) is 0 Å². The molecule has 0 aliphatic rings. The molecule has 0 spiro atoms. The quantitative estimate of drug-likeness (QED) is 0.902. The fraction of sp³-hybridized carbons (Fsp3) is 0.0833. The van der Waals surface area contributed by atoms with Crippen molar-refractivity contribution in [2.45, 2.75) is 4.90 Å². The molecule has 0 aliphatic carbocycles. The van der Waals surface area contributed by atoms with Gasteiger partial charge in [0.1, 0.15) is 10.7 Å². The minimum absolute atomic E-state index is 0.0487. The van der Waals surface area contributed by atoms with E-state index in [0.717, 1.165) is 0 Å². The highest BCUT2D eigenvalue weighted by molar-refractivity contribution is 7.92. The lowest BCUT2D eigenvalue weighted by atomic mass is 10.3. The number of hydrogen-bond acceptors (Lipinski definition) is 4. The average molecular weight is 332 g/mol. The Hall–Kier alpha value is -1.50. The zero-order chi connectivity index (χ0) is 14.8. The first-order valence-corrected chi connectivity index (χ1v) is 7.77. The predicted octanol–water partition coefficient (Wildman–Crippen LogP) is 3.23. The minimum atomic E-state index is -3.73. The second-order valence-electron chi connectivity index (χ2n) is 3.89. The molecule has 0 saturated carbocycles. The first-order valence-electron chi connectivity index (χ1n) is 5.53. The van der Waals surface area contributed by atoms with E-state index in [0.29, 0.717) is 21.6 Å². The van der Waals surface area contributed by atoms with E-state index < -0.39 is 10.0 Å². The number of nitrogens with one attached hydrogen (secondary N) is 2. The van der Waals surface area contributed by atoms with E-state index in [1.165, 1.54) is 30.5 Å². The second-order valence-corrected chi connectivity index (χ2v) is 6.45. The molecule has 0 radical (unpaired) electrons. The van der Waals surface area contributed by atoms with Crippen LogP contribution in [0.15, 0.2) is 41.4 Å². The summed E-state index contributed by atoms with van der Waals surface area (Å²) in [6.45, 7) is 0. The molecule has 5 nitrogen and oxygen atoms in total. The van der Waals surface area contributed by atoms with Crippen LogP contribution in [0.3, 0.4) is 0 Å². The number of sulfonamides is 1. The molecule has 0 saturated heterocycles. The first-order chi connectivity index (χ1) is 9.40. The molecule has 0 fully saturated rings. The molecule has 2 rings (SSSR count). The summed E-state index contributed by atoms with van der Waals surface area (Å²) in [6, 6.07) is 7.48. The summed E-state index contributed by atoms with van der Waals surface area (Å²) < 4.78 is 26.7. The van der Waals surface area contributed by atoms with E-state index in [1.807, 2.05) is 0 Å². The van der Waals surface area contributed by atoms with E-state index in [9.17, 15) is 8.42 Å². The maximum atomic E-state index is 12.2. The van der Waals surface area contributed by atoms with Gasteiger partial charge < -0.3 is 5.32 Å². The first kappa shape index (κ1) is 14.9. The minimum Gasteiger partial charge on any atom is -0.373 e. The molecular weight excluding hydrogens is 321 g/mol. The standard InChI is InChI=1S/C12H11Cl2N3O2S/c1-15-12-3-2-11(7-16-12)20(18,19)17-10-5-8(13)4-9(14)6-10/h2-7,17H,1H3,(H,15,16). The van der Waals surface area contributed by atoms with Crippen LogP contribution in [0.2, 0.25) is 10.0 Å². The van der Waals surface area contributed by atoms with E-state index in [4.69, 9.17) is 23.2 Å². The molecule has 1 aromatic carbocycles. The summed E-state index contributed by atoms with van der Waals surface area (Å²) >= 11 is 11.6. The van der Waals surface area contributed by atoms with Crippen LogP contribution in [0.1, 0.15) is 0 Å². The molecule has 20 heavy (non-hydrogen) atoms. The molecule has 0 aliphatic heterocycles. The Balaban J connectivity index is 2.30. The zero-order valence-electron chi connectivity index (χ0n) is 10.4. The topological polar surface area (TPSA) is 71.1 Å². The predicted molar refractivity (Wildman–Crippen MR) is 81.1 cm³/mol. The Morgan fingerprint density at radius 2 is 1.75 bits per heavy atom. The molecule has 2 aromatic rings. The van der Waals surface area contributed by atoms with Crippen molar-refractivity contribution in [1.29, 1.82) is 0 Å². The van der Waals surface area contributed by atoms with Gasteiger partial charge in [0.25, 0.3) is 10.0 Å². The van der Waals surface area contributed by atoms with Crippen molar-refractivity contribution in [3.8, 4) is 0 Å². The highest BCUT2D eigenvalue weighted by Gasteiger charge is 2.15. The Bertz CT molecular complexity index is 698. The van der Waals surface area contributed by atoms with Gasteiger partial charge in [0.2, 0.25) is 0 Å². The van der Waals surface area contributed by atoms with Gasteiger partial charge in [-0.2, -0.15) is 0 Å². The summed E-state index contributed by atoms with van der Waals surface area (Å²) in [6.07, 6.45) is 1.26. The fourth-order valence-corrected chi connectivity index (χ4v) is 3.02. The number of aromatic nitrogens is 1. The number of rotatable bonds is 4. The summed E-state index contributed by atoms with van der Waals surface area (Å²) in [4.78, 5) is 4.01. The number of benzene rings is 1. The lowest BCUT2D eigenvalue weighted by molar-refractivity contribution is 0.601. The third-order valence-electron chi connectivity index (χ3n) is 2.42. The molecule has 106 valence electrons. The van der Waals surface area contributed by atoms with Crippen molar-refractivity contribution in [1.82, 2.24) is 4.98 Å². The van der Waals surface area contributed by atoms with E-state index in [2.05, 4.69) is 15.0 Å². The van der Waals surface area contributed by atoms with Gasteiger partial charge in [-0.25, -0.2) is 13.4 Å². The number of anilines is 2. The van der Waals surface area contributed by atoms with Crippen LogP contribution in [-0.4, -0.2) is 20.4 Å². The molecule has 0 unspecified atom stereocenters. The second kappa shape index (κ2) is 5.87. The van der Waals surface area contributed by atoms with Crippen molar-refractivity contribution < 1.29 is 8.42 Å². The molecule has 0 amide bonds. The van der Waals surface area contributed by atoms with Crippen LogP contribution in [0.5, 0.6) is 0 Å². The Morgan fingerprint density at radius 3 is 2.25 bits per heavy atom. The zero-order valence-corrected chi connectivity index (χ0v) is 12.7. The van der Waals surface area contributed by atoms with Gasteiger partial charge in [0.05, 0.1) is 5.69 Å². The highest BCUT2D eigenvalue weighted by atomic mass is 35.5. The molecule has 0 bridgehead atoms. The number of hydrogen-bond donors (Lipinski definition) is 2. The van der Waals surface area contributed by atoms with Crippen LogP contribution in [0.25, 0.3) is 0 Å². The van der Waals surface area contributed by atoms with Crippen LogP contribution in [0, 0.1) is 0 Å². The van der Waals surface area contributed by atoms with Gasteiger partial charge in [-0.3, -0.25) is 4.72 Å². The Labute approximate surface area is 127 Å². The third kappa shape index (κ3) is 3.53. The molecule has 8 heteroatoms. The summed E-state index contributed by atoms with van der Waals surface area (Å²) in [5, 5.41) is 3.50. The molecule has 2 N–H and O–H groups in total. The van der Waals surface area contributed by atoms with Gasteiger partial charge >= 0.3 is 0 Å². The van der Waals surface area contributed by atoms with Crippen LogP contribution in [0.4, 0.5) is 11.5 Å². The Kier molecular flexibility index (Phi) is 4.37. The van der Waals surface area contributed by atoms with Crippen molar-refractivity contribution in [3.63, 3.8) is 0 Å². The normalized spacial score (nSPS) is 11.2. The smallest absolute Gasteiger partial charge is 0.263 e. The number of halogens is 2. The lowest BCUT2D eigenvalue weighted by Gasteiger charge is -2.09. The summed E-state index contributed by atoms with van der Waals surface area (Å²) in [7, 11) is -2.03. The number of pyridine rings is 1. The van der Waals surface area contributed by atoms with Gasteiger partial charge in [-0.1, -0.05) is 23.2 Å². The van der Waals surface area contributed by atoms with Crippen molar-refractivity contribution in [3.05, 3.63) is 46.6 Å². The SMILES string of the molecule is CNc1ccc(S(=O)(=O)Nc2cc(Cl)cc(Cl)c2)cn1. The van der Waals surface area contributed by atoms with Gasteiger partial charge in [-0.05, 0) is 30.3 Å². The van der Waals surface area contributed by atoms with E-state index >= 15 is 0 Å². The van der Waals surface area contributed by atoms with Crippen molar-refractivity contribution >= 4 is 44.7 Å². The molecule has 1 aromatic heterocycles. The number of nitrogens with zero attached hydrogens (tertiary/aromatic N) is 1. The van der Waals surface area contributed by atoms with Crippen LogP contribution < -0.4 is 10.0 Å². The van der Waals surface area contributed by atoms with Crippen LogP contribution in [-0.2, 0) is 10.0 Å². The largest absolute Gasteiger partial charge is 0.373 e. The van der Waals surface area contributed by atoms with Gasteiger partial charge in [0, 0.05) is 23.3 Å². The third-order valence-corrected chi connectivity index (χ3v) is 4.22. The van der Waals surface area contributed by atoms with Gasteiger partial charge in [0.15, 0.2) is 0 Å².